The van der Waals surface area contributed by atoms with Gasteiger partial charge in [0, 0.05) is 4.47 Å². The number of hydrogen-bond acceptors (Lipinski definition) is 3. The molecular formula is C17H16BrNO4. The minimum absolute atomic E-state index is 0.124. The third-order valence-corrected chi connectivity index (χ3v) is 5.76. The normalized spacial score (nSPS) is 35.7. The molecule has 0 aliphatic carbocycles. The second-order valence-electron chi connectivity index (χ2n) is 6.43. The number of hydrogen-bond donors (Lipinski definition) is 1. The Balaban J connectivity index is 1.66. The summed E-state index contributed by atoms with van der Waals surface area (Å²) in [7, 11) is 0. The van der Waals surface area contributed by atoms with Crippen LogP contribution in [0.25, 0.3) is 0 Å². The second kappa shape index (κ2) is 4.92. The Bertz CT molecular complexity index is 716. The number of amides is 1. The molecule has 3 aliphatic rings. The SMILES string of the molecule is C[C@@H](c1ccc(Br)cc1)N1C[C@]23C=C[C@@H](O2)[C@@H](C(=O)O)[C@@H]3C1=O. The van der Waals surface area contributed by atoms with E-state index in [-0.39, 0.29) is 11.9 Å². The van der Waals surface area contributed by atoms with Crippen LogP contribution in [0.5, 0.6) is 0 Å². The summed E-state index contributed by atoms with van der Waals surface area (Å²) in [6, 6.07) is 7.69. The van der Waals surface area contributed by atoms with Crippen LogP contribution in [-0.4, -0.2) is 40.1 Å². The van der Waals surface area contributed by atoms with Gasteiger partial charge >= 0.3 is 5.97 Å². The van der Waals surface area contributed by atoms with Crippen LogP contribution in [0.2, 0.25) is 0 Å². The molecule has 0 aromatic heterocycles. The van der Waals surface area contributed by atoms with Gasteiger partial charge in [-0.25, -0.2) is 0 Å². The van der Waals surface area contributed by atoms with Gasteiger partial charge in [-0.1, -0.05) is 40.2 Å². The van der Waals surface area contributed by atoms with Crippen molar-refractivity contribution in [3.63, 3.8) is 0 Å². The summed E-state index contributed by atoms with van der Waals surface area (Å²) in [6.45, 7) is 2.37. The van der Waals surface area contributed by atoms with Crippen molar-refractivity contribution in [1.82, 2.24) is 4.90 Å². The fraction of sp³-hybridized carbons (Fsp3) is 0.412. The summed E-state index contributed by atoms with van der Waals surface area (Å²) in [4.78, 5) is 26.2. The summed E-state index contributed by atoms with van der Waals surface area (Å²) in [5.74, 6) is -2.49. The van der Waals surface area contributed by atoms with E-state index in [0.29, 0.717) is 6.54 Å². The third kappa shape index (κ3) is 2.01. The number of fused-ring (bicyclic) bond motifs is 1. The number of carbonyl (C=O) groups is 2. The number of benzene rings is 1. The van der Waals surface area contributed by atoms with E-state index in [4.69, 9.17) is 4.74 Å². The molecule has 1 spiro atoms. The lowest BCUT2D eigenvalue weighted by atomic mass is 9.77. The van der Waals surface area contributed by atoms with Crippen LogP contribution in [0.4, 0.5) is 0 Å². The first-order valence-electron chi connectivity index (χ1n) is 7.59. The van der Waals surface area contributed by atoms with E-state index in [1.165, 1.54) is 0 Å². The minimum Gasteiger partial charge on any atom is -0.481 e. The number of rotatable bonds is 3. The molecule has 2 fully saturated rings. The highest BCUT2D eigenvalue weighted by Crippen LogP contribution is 2.53. The van der Waals surface area contributed by atoms with Crippen LogP contribution in [-0.2, 0) is 14.3 Å². The fourth-order valence-corrected chi connectivity index (χ4v) is 4.32. The molecule has 2 saturated heterocycles. The van der Waals surface area contributed by atoms with Gasteiger partial charge in [-0.2, -0.15) is 0 Å². The van der Waals surface area contributed by atoms with Crippen LogP contribution in [0.3, 0.4) is 0 Å². The van der Waals surface area contributed by atoms with E-state index < -0.39 is 29.5 Å². The zero-order valence-electron chi connectivity index (χ0n) is 12.5. The van der Waals surface area contributed by atoms with Gasteiger partial charge in [0.2, 0.25) is 5.91 Å². The van der Waals surface area contributed by atoms with Crippen LogP contribution in [0.1, 0.15) is 18.5 Å². The Morgan fingerprint density at radius 2 is 2.13 bits per heavy atom. The monoisotopic (exact) mass is 377 g/mol. The molecule has 0 saturated carbocycles. The summed E-state index contributed by atoms with van der Waals surface area (Å²) in [6.07, 6.45) is 3.19. The number of carbonyl (C=O) groups excluding carboxylic acids is 1. The van der Waals surface area contributed by atoms with Gasteiger partial charge < -0.3 is 14.7 Å². The lowest BCUT2D eigenvalue weighted by molar-refractivity contribution is -0.148. The first-order chi connectivity index (χ1) is 10.9. The lowest BCUT2D eigenvalue weighted by Crippen LogP contribution is -2.39. The molecular weight excluding hydrogens is 362 g/mol. The van der Waals surface area contributed by atoms with E-state index in [1.54, 1.807) is 11.0 Å². The largest absolute Gasteiger partial charge is 0.481 e. The molecule has 6 heteroatoms. The van der Waals surface area contributed by atoms with Gasteiger partial charge in [0.15, 0.2) is 0 Å². The molecule has 120 valence electrons. The van der Waals surface area contributed by atoms with Crippen LogP contribution in [0, 0.1) is 11.8 Å². The fourth-order valence-electron chi connectivity index (χ4n) is 4.06. The molecule has 3 aliphatic heterocycles. The summed E-state index contributed by atoms with van der Waals surface area (Å²) >= 11 is 3.40. The smallest absolute Gasteiger partial charge is 0.310 e. The maximum absolute atomic E-state index is 12.9. The Kier molecular flexibility index (Phi) is 3.19. The van der Waals surface area contributed by atoms with E-state index in [9.17, 15) is 14.7 Å². The van der Waals surface area contributed by atoms with E-state index in [2.05, 4.69) is 15.9 Å². The van der Waals surface area contributed by atoms with Crippen molar-refractivity contribution in [2.75, 3.05) is 6.54 Å². The number of aliphatic carboxylic acids is 1. The zero-order valence-corrected chi connectivity index (χ0v) is 14.1. The molecule has 5 nitrogen and oxygen atoms in total. The molecule has 0 unspecified atom stereocenters. The number of carboxylic acids is 1. The van der Waals surface area contributed by atoms with Gasteiger partial charge in [-0.15, -0.1) is 0 Å². The highest BCUT2D eigenvalue weighted by atomic mass is 79.9. The van der Waals surface area contributed by atoms with Crippen molar-refractivity contribution in [3.05, 3.63) is 46.5 Å². The Morgan fingerprint density at radius 3 is 2.78 bits per heavy atom. The first-order valence-corrected chi connectivity index (χ1v) is 8.38. The number of carboxylic acid groups (broad SMARTS) is 1. The Hall–Kier alpha value is -1.66. The van der Waals surface area contributed by atoms with Gasteiger partial charge in [-0.05, 0) is 24.6 Å². The Labute approximate surface area is 142 Å². The average molecular weight is 378 g/mol. The number of likely N-dealkylation sites (tertiary alicyclic amines) is 1. The molecule has 1 aromatic rings. The van der Waals surface area contributed by atoms with Crippen molar-refractivity contribution >= 4 is 27.8 Å². The van der Waals surface area contributed by atoms with Crippen molar-refractivity contribution in [2.24, 2.45) is 11.8 Å². The minimum atomic E-state index is -0.960. The van der Waals surface area contributed by atoms with Gasteiger partial charge in [0.1, 0.15) is 11.5 Å². The van der Waals surface area contributed by atoms with Gasteiger partial charge in [0.05, 0.1) is 24.6 Å². The van der Waals surface area contributed by atoms with Gasteiger partial charge in [-0.3, -0.25) is 9.59 Å². The molecule has 1 aromatic carbocycles. The molecule has 2 bridgehead atoms. The zero-order chi connectivity index (χ0) is 16.4. The molecule has 3 heterocycles. The number of nitrogens with zero attached hydrogens (tertiary/aromatic N) is 1. The van der Waals surface area contributed by atoms with Crippen LogP contribution >= 0.6 is 15.9 Å². The second-order valence-corrected chi connectivity index (χ2v) is 7.35. The highest BCUT2D eigenvalue weighted by Gasteiger charge is 2.67. The van der Waals surface area contributed by atoms with E-state index >= 15 is 0 Å². The number of ether oxygens (including phenoxy) is 1. The van der Waals surface area contributed by atoms with Crippen LogP contribution < -0.4 is 0 Å². The average Bonchev–Trinajstić information content (AvgIpc) is 3.15. The molecule has 4 rings (SSSR count). The highest BCUT2D eigenvalue weighted by molar-refractivity contribution is 9.10. The molecule has 0 radical (unpaired) electrons. The van der Waals surface area contributed by atoms with Crippen molar-refractivity contribution < 1.29 is 19.4 Å². The van der Waals surface area contributed by atoms with E-state index in [0.717, 1.165) is 10.0 Å². The molecule has 1 N–H and O–H groups in total. The van der Waals surface area contributed by atoms with E-state index in [1.807, 2.05) is 37.3 Å². The predicted molar refractivity (Wildman–Crippen MR) is 85.6 cm³/mol. The maximum atomic E-state index is 12.9. The standard InChI is InChI=1S/C17H16BrNO4/c1-9(10-2-4-11(18)5-3-10)19-8-17-7-6-12(23-17)13(16(21)22)14(17)15(19)20/h2-7,9,12-14H,8H2,1H3,(H,21,22)/t9-,12+,13+,14+,17-/m0/s1. The third-order valence-electron chi connectivity index (χ3n) is 5.23. The Morgan fingerprint density at radius 1 is 1.43 bits per heavy atom. The summed E-state index contributed by atoms with van der Waals surface area (Å²) < 4.78 is 6.88. The van der Waals surface area contributed by atoms with Crippen LogP contribution in [0.15, 0.2) is 40.9 Å². The topological polar surface area (TPSA) is 66.8 Å². The molecule has 5 atom stereocenters. The maximum Gasteiger partial charge on any atom is 0.310 e. The number of halogens is 1. The first kappa shape index (κ1) is 14.9. The summed E-state index contributed by atoms with van der Waals surface area (Å²) in [5, 5.41) is 9.48. The summed E-state index contributed by atoms with van der Waals surface area (Å²) in [5.41, 5.74) is 0.248. The lowest BCUT2D eigenvalue weighted by Gasteiger charge is -2.27. The molecule has 23 heavy (non-hydrogen) atoms. The van der Waals surface area contributed by atoms with Crippen molar-refractivity contribution in [1.29, 1.82) is 0 Å². The molecule has 1 amide bonds. The van der Waals surface area contributed by atoms with Crippen molar-refractivity contribution in [3.8, 4) is 0 Å². The van der Waals surface area contributed by atoms with Crippen molar-refractivity contribution in [2.45, 2.75) is 24.7 Å². The quantitative estimate of drug-likeness (QED) is 0.821. The van der Waals surface area contributed by atoms with Gasteiger partial charge in [0.25, 0.3) is 0 Å². The predicted octanol–water partition coefficient (Wildman–Crippen LogP) is 2.38.